The molecule has 2 fully saturated rings. The van der Waals surface area contributed by atoms with Crippen LogP contribution < -0.4 is 5.46 Å². The lowest BCUT2D eigenvalue weighted by Crippen LogP contribution is -2.41. The maximum atomic E-state index is 14.4. The van der Waals surface area contributed by atoms with Crippen LogP contribution in [0.25, 0.3) is 0 Å². The Balaban J connectivity index is 1.80. The second kappa shape index (κ2) is 7.03. The molecule has 5 nitrogen and oxygen atoms in total. The van der Waals surface area contributed by atoms with Gasteiger partial charge in [-0.05, 0) is 84.5 Å². The summed E-state index contributed by atoms with van der Waals surface area (Å²) in [5.74, 6) is -0.373. The van der Waals surface area contributed by atoms with Gasteiger partial charge in [0.15, 0.2) is 0 Å². The van der Waals surface area contributed by atoms with Gasteiger partial charge in [0, 0.05) is 12.6 Å². The molecule has 1 heterocycles. The Bertz CT molecular complexity index is 739. The highest BCUT2D eigenvalue weighted by atomic mass is 19.1. The van der Waals surface area contributed by atoms with Crippen molar-refractivity contribution in [3.8, 4) is 0 Å². The molecule has 1 aromatic carbocycles. The molecule has 2 aliphatic rings. The van der Waals surface area contributed by atoms with Crippen molar-refractivity contribution in [3.63, 3.8) is 0 Å². The fraction of sp³-hybridized carbons (Fsp3) is 0.667. The Morgan fingerprint density at radius 2 is 1.75 bits per heavy atom. The summed E-state index contributed by atoms with van der Waals surface area (Å²) in [6.45, 7) is 13.7. The van der Waals surface area contributed by atoms with Crippen LogP contribution in [0.1, 0.15) is 66.9 Å². The largest absolute Gasteiger partial charge is 0.494 e. The molecule has 1 saturated carbocycles. The molecule has 0 unspecified atom stereocenters. The summed E-state index contributed by atoms with van der Waals surface area (Å²) in [5.41, 5.74) is -0.252. The molecule has 154 valence electrons. The molecule has 0 spiro atoms. The van der Waals surface area contributed by atoms with Crippen LogP contribution in [0.15, 0.2) is 18.2 Å². The lowest BCUT2D eigenvalue weighted by Gasteiger charge is -2.32. The van der Waals surface area contributed by atoms with E-state index in [9.17, 15) is 9.18 Å². The van der Waals surface area contributed by atoms with Gasteiger partial charge in [0.1, 0.15) is 11.4 Å². The average molecular weight is 391 g/mol. The normalized spacial score (nSPS) is 20.9. The van der Waals surface area contributed by atoms with Crippen LogP contribution in [0.5, 0.6) is 0 Å². The predicted molar refractivity (Wildman–Crippen MR) is 107 cm³/mol. The number of hydrogen-bond acceptors (Lipinski definition) is 4. The molecule has 28 heavy (non-hydrogen) atoms. The van der Waals surface area contributed by atoms with Crippen LogP contribution in [0.2, 0.25) is 0 Å². The molecule has 3 rings (SSSR count). The summed E-state index contributed by atoms with van der Waals surface area (Å²) in [5, 5.41) is 0. The Morgan fingerprint density at radius 3 is 2.25 bits per heavy atom. The van der Waals surface area contributed by atoms with Gasteiger partial charge in [0.25, 0.3) is 0 Å². The van der Waals surface area contributed by atoms with Gasteiger partial charge in [-0.25, -0.2) is 9.18 Å². The standard InChI is InChI=1S/C21H31BFNO4/c1-19(2,3)26-18(25)24(17-8-9-17)13-14-10-15(12-16(23)11-14)22-27-20(4,5)21(6,7)28-22/h10-12,17H,8-9,13H2,1-7H3. The number of ether oxygens (including phenoxy) is 1. The number of carbonyl (C=O) groups excluding carboxylic acids is 1. The molecule has 0 bridgehead atoms. The number of nitrogens with zero attached hydrogens (tertiary/aromatic N) is 1. The third-order valence-corrected chi connectivity index (χ3v) is 5.47. The maximum absolute atomic E-state index is 14.4. The molecule has 0 radical (unpaired) electrons. The van der Waals surface area contributed by atoms with Gasteiger partial charge in [-0.1, -0.05) is 6.07 Å². The van der Waals surface area contributed by atoms with E-state index in [0.29, 0.717) is 17.6 Å². The fourth-order valence-corrected chi connectivity index (χ4v) is 3.13. The van der Waals surface area contributed by atoms with Crippen molar-refractivity contribution in [1.29, 1.82) is 0 Å². The molecule has 1 aliphatic heterocycles. The van der Waals surface area contributed by atoms with Crippen LogP contribution in [0.4, 0.5) is 9.18 Å². The Morgan fingerprint density at radius 1 is 1.18 bits per heavy atom. The maximum Gasteiger partial charge on any atom is 0.494 e. The summed E-state index contributed by atoms with van der Waals surface area (Å²) < 4.78 is 32.0. The average Bonchev–Trinajstić information content (AvgIpc) is 3.30. The van der Waals surface area contributed by atoms with E-state index < -0.39 is 23.9 Å². The first kappa shape index (κ1) is 21.1. The zero-order valence-electron chi connectivity index (χ0n) is 18.0. The highest BCUT2D eigenvalue weighted by Crippen LogP contribution is 2.36. The van der Waals surface area contributed by atoms with E-state index in [1.165, 1.54) is 12.1 Å². The van der Waals surface area contributed by atoms with Crippen LogP contribution in [0, 0.1) is 5.82 Å². The number of halogens is 1. The highest BCUT2D eigenvalue weighted by molar-refractivity contribution is 6.62. The first-order chi connectivity index (χ1) is 12.8. The molecule has 1 aromatic rings. The van der Waals surface area contributed by atoms with Crippen molar-refractivity contribution in [1.82, 2.24) is 4.90 Å². The second-order valence-corrected chi connectivity index (χ2v) is 9.82. The fourth-order valence-electron chi connectivity index (χ4n) is 3.13. The third kappa shape index (κ3) is 4.69. The number of carbonyl (C=O) groups is 1. The molecule has 1 aliphatic carbocycles. The monoisotopic (exact) mass is 391 g/mol. The van der Waals surface area contributed by atoms with Gasteiger partial charge < -0.3 is 18.9 Å². The van der Waals surface area contributed by atoms with Crippen molar-refractivity contribution in [3.05, 3.63) is 29.6 Å². The van der Waals surface area contributed by atoms with Gasteiger partial charge in [0.05, 0.1) is 11.2 Å². The minimum atomic E-state index is -0.643. The third-order valence-electron chi connectivity index (χ3n) is 5.47. The molecule has 0 atom stereocenters. The van der Waals surface area contributed by atoms with E-state index in [1.54, 1.807) is 4.90 Å². The van der Waals surface area contributed by atoms with Crippen molar-refractivity contribution in [2.45, 2.75) is 90.7 Å². The molecular weight excluding hydrogens is 360 g/mol. The van der Waals surface area contributed by atoms with E-state index in [2.05, 4.69) is 0 Å². The summed E-state index contributed by atoms with van der Waals surface area (Å²) in [6.07, 6.45) is 1.52. The van der Waals surface area contributed by atoms with Crippen LogP contribution >= 0.6 is 0 Å². The number of hydrogen-bond donors (Lipinski definition) is 0. The Kier molecular flexibility index (Phi) is 5.30. The Hall–Kier alpha value is -1.60. The van der Waals surface area contributed by atoms with Gasteiger partial charge >= 0.3 is 13.2 Å². The van der Waals surface area contributed by atoms with Gasteiger partial charge in [-0.3, -0.25) is 0 Å². The first-order valence-electron chi connectivity index (χ1n) is 9.92. The van der Waals surface area contributed by atoms with E-state index >= 15 is 0 Å². The van der Waals surface area contributed by atoms with Crippen molar-refractivity contribution >= 4 is 18.7 Å². The second-order valence-electron chi connectivity index (χ2n) is 9.82. The first-order valence-corrected chi connectivity index (χ1v) is 9.92. The molecule has 7 heteroatoms. The van der Waals surface area contributed by atoms with Crippen LogP contribution in [0.3, 0.4) is 0 Å². The van der Waals surface area contributed by atoms with Crippen molar-refractivity contribution in [2.24, 2.45) is 0 Å². The molecule has 1 saturated heterocycles. The molecule has 1 amide bonds. The molecule has 0 aromatic heterocycles. The Labute approximate surface area is 167 Å². The van der Waals surface area contributed by atoms with E-state index in [-0.39, 0.29) is 18.0 Å². The van der Waals surface area contributed by atoms with E-state index in [4.69, 9.17) is 14.0 Å². The zero-order valence-corrected chi connectivity index (χ0v) is 18.0. The van der Waals surface area contributed by atoms with Crippen molar-refractivity contribution in [2.75, 3.05) is 0 Å². The SMILES string of the molecule is CC(C)(C)OC(=O)N(Cc1cc(F)cc(B2OC(C)(C)C(C)(C)O2)c1)C1CC1. The topological polar surface area (TPSA) is 48.0 Å². The van der Waals surface area contributed by atoms with Gasteiger partial charge in [-0.2, -0.15) is 0 Å². The van der Waals surface area contributed by atoms with Gasteiger partial charge in [0.2, 0.25) is 0 Å². The summed E-state index contributed by atoms with van der Waals surface area (Å²) in [6, 6.07) is 4.89. The molecular formula is C21H31BFNO4. The number of rotatable bonds is 4. The zero-order chi connectivity index (χ0) is 20.9. The smallest absolute Gasteiger partial charge is 0.444 e. The summed E-state index contributed by atoms with van der Waals surface area (Å²) in [4.78, 5) is 14.3. The minimum Gasteiger partial charge on any atom is -0.444 e. The summed E-state index contributed by atoms with van der Waals surface area (Å²) in [7, 11) is -0.643. The quantitative estimate of drug-likeness (QED) is 0.728. The van der Waals surface area contributed by atoms with Gasteiger partial charge in [-0.15, -0.1) is 0 Å². The van der Waals surface area contributed by atoms with E-state index in [0.717, 1.165) is 12.8 Å². The highest BCUT2D eigenvalue weighted by Gasteiger charge is 2.51. The molecule has 0 N–H and O–H groups in total. The lowest BCUT2D eigenvalue weighted by atomic mass is 9.78. The summed E-state index contributed by atoms with van der Waals surface area (Å²) >= 11 is 0. The predicted octanol–water partition coefficient (Wildman–Crippen LogP) is 4.02. The van der Waals surface area contributed by atoms with Crippen molar-refractivity contribution < 1.29 is 23.2 Å². The van der Waals surface area contributed by atoms with Crippen LogP contribution in [-0.4, -0.2) is 41.0 Å². The number of benzene rings is 1. The van der Waals surface area contributed by atoms with E-state index in [1.807, 2.05) is 54.5 Å². The lowest BCUT2D eigenvalue weighted by molar-refractivity contribution is 0.00578. The minimum absolute atomic E-state index is 0.151. The number of amides is 1. The van der Waals surface area contributed by atoms with Crippen LogP contribution in [-0.2, 0) is 20.6 Å².